The average Bonchev–Trinajstić information content (AvgIpc) is 3.25. The van der Waals surface area contributed by atoms with E-state index < -0.39 is 27.9 Å². The number of hydrogen-bond acceptors (Lipinski definition) is 7. The molecule has 1 aromatic heterocycles. The van der Waals surface area contributed by atoms with Crippen LogP contribution >= 0.6 is 11.3 Å². The van der Waals surface area contributed by atoms with Gasteiger partial charge in [-0.2, -0.15) is 26.9 Å². The fraction of sp³-hybridized carbons (Fsp3) is 0.143. The molecule has 3 aromatic rings. The lowest BCUT2D eigenvalue weighted by Gasteiger charge is -2.34. The Hall–Kier alpha value is -3.40. The maximum atomic E-state index is 13.3. The predicted molar refractivity (Wildman–Crippen MR) is 114 cm³/mol. The van der Waals surface area contributed by atoms with Crippen LogP contribution < -0.4 is 9.64 Å². The molecule has 0 saturated carbocycles. The smallest absolute Gasteiger partial charge is 0.416 e. The number of rotatable bonds is 4. The number of methoxy groups -OCH3 is 1. The van der Waals surface area contributed by atoms with Crippen LogP contribution in [0.1, 0.15) is 33.2 Å². The van der Waals surface area contributed by atoms with E-state index in [1.807, 2.05) is 6.07 Å². The highest BCUT2D eigenvalue weighted by Gasteiger charge is 2.35. The summed E-state index contributed by atoms with van der Waals surface area (Å²) in [5.74, 6) is -0.0306. The maximum Gasteiger partial charge on any atom is 0.416 e. The van der Waals surface area contributed by atoms with E-state index in [4.69, 9.17) is 10.00 Å². The molecule has 4 rings (SSSR count). The number of anilines is 1. The van der Waals surface area contributed by atoms with Crippen LogP contribution in [0.2, 0.25) is 0 Å². The molecule has 170 valence electrons. The third-order valence-corrected chi connectivity index (χ3v) is 6.79. The first-order valence-corrected chi connectivity index (χ1v) is 11.5. The van der Waals surface area contributed by atoms with E-state index in [-0.39, 0.29) is 10.6 Å². The molecule has 1 unspecified atom stereocenters. The van der Waals surface area contributed by atoms with Crippen LogP contribution in [0.3, 0.4) is 0 Å². The van der Waals surface area contributed by atoms with Crippen molar-refractivity contribution in [1.82, 2.24) is 4.98 Å². The van der Waals surface area contributed by atoms with Gasteiger partial charge in [-0.15, -0.1) is 0 Å². The zero-order valence-corrected chi connectivity index (χ0v) is 18.4. The molecular weight excluding hydrogens is 479 g/mol. The molecule has 0 fully saturated rings. The van der Waals surface area contributed by atoms with E-state index >= 15 is 0 Å². The van der Waals surface area contributed by atoms with Gasteiger partial charge in [0.25, 0.3) is 10.1 Å². The standard InChI is InChI=1S/C21H14F3N3O4S2/c1-31-18-9-13(21(22,23)24)2-4-17(18)19-16-5-3-15(33(28,29)30)8-12(16)6-7-27(19)20-26-11-14(10-25)32-20/h2-9,11,19H,1H3,(H,28,29,30). The first kappa shape index (κ1) is 22.8. The number of thiazole rings is 1. The average molecular weight is 493 g/mol. The minimum Gasteiger partial charge on any atom is -0.496 e. The summed E-state index contributed by atoms with van der Waals surface area (Å²) >= 11 is 1.09. The van der Waals surface area contributed by atoms with E-state index in [9.17, 15) is 26.1 Å². The predicted octanol–water partition coefficient (Wildman–Crippen LogP) is 4.87. The van der Waals surface area contributed by atoms with E-state index in [1.54, 1.807) is 17.2 Å². The Morgan fingerprint density at radius 3 is 2.55 bits per heavy atom. The van der Waals surface area contributed by atoms with Gasteiger partial charge in [0.1, 0.15) is 16.7 Å². The zero-order valence-electron chi connectivity index (χ0n) is 16.7. The van der Waals surface area contributed by atoms with Crippen LogP contribution in [0.15, 0.2) is 53.7 Å². The van der Waals surface area contributed by atoms with Crippen LogP contribution in [0.25, 0.3) is 6.08 Å². The molecule has 33 heavy (non-hydrogen) atoms. The molecule has 1 aliphatic heterocycles. The van der Waals surface area contributed by atoms with Crippen molar-refractivity contribution in [3.05, 3.63) is 75.9 Å². The molecule has 0 radical (unpaired) electrons. The van der Waals surface area contributed by atoms with Crippen molar-refractivity contribution < 1.29 is 30.9 Å². The second kappa shape index (κ2) is 8.18. The van der Waals surface area contributed by atoms with Crippen molar-refractivity contribution in [2.45, 2.75) is 17.1 Å². The molecule has 2 aromatic carbocycles. The van der Waals surface area contributed by atoms with E-state index in [0.29, 0.717) is 26.7 Å². The number of nitriles is 1. The second-order valence-corrected chi connectivity index (χ2v) is 9.40. The van der Waals surface area contributed by atoms with Gasteiger partial charge < -0.3 is 9.64 Å². The minimum absolute atomic E-state index is 0.0306. The summed E-state index contributed by atoms with van der Waals surface area (Å²) in [6.07, 6.45) is -0.0223. The zero-order chi connectivity index (χ0) is 24.0. The van der Waals surface area contributed by atoms with E-state index in [1.165, 1.54) is 37.6 Å². The summed E-state index contributed by atoms with van der Waals surface area (Å²) in [5, 5.41) is 9.56. The summed E-state index contributed by atoms with van der Waals surface area (Å²) in [6, 6.07) is 8.29. The first-order chi connectivity index (χ1) is 15.5. The number of benzene rings is 2. The fourth-order valence-electron chi connectivity index (χ4n) is 3.54. The highest BCUT2D eigenvalue weighted by atomic mass is 32.2. The Morgan fingerprint density at radius 1 is 1.21 bits per heavy atom. The Kier molecular flexibility index (Phi) is 5.65. The Balaban J connectivity index is 1.93. The summed E-state index contributed by atoms with van der Waals surface area (Å²) in [4.78, 5) is 5.92. The molecule has 0 saturated heterocycles. The molecule has 0 aliphatic carbocycles. The SMILES string of the molecule is COc1cc(C(F)(F)F)ccc1C1c2ccc(S(=O)(=O)O)cc2C=CN1c1ncc(C#N)s1. The van der Waals surface area contributed by atoms with Crippen LogP contribution in [0.4, 0.5) is 18.3 Å². The van der Waals surface area contributed by atoms with Crippen molar-refractivity contribution in [3.8, 4) is 11.8 Å². The fourth-order valence-corrected chi connectivity index (χ4v) is 4.78. The van der Waals surface area contributed by atoms with Gasteiger partial charge in [0.15, 0.2) is 5.13 Å². The summed E-state index contributed by atoms with van der Waals surface area (Å²) in [5.41, 5.74) is 0.454. The third-order valence-electron chi connectivity index (χ3n) is 5.02. The van der Waals surface area contributed by atoms with Gasteiger partial charge in [0, 0.05) is 11.8 Å². The van der Waals surface area contributed by atoms with Gasteiger partial charge in [-0.3, -0.25) is 4.55 Å². The number of nitrogens with zero attached hydrogens (tertiary/aromatic N) is 3. The van der Waals surface area contributed by atoms with Crippen LogP contribution in [0, 0.1) is 11.3 Å². The number of fused-ring (bicyclic) bond motifs is 1. The molecule has 12 heteroatoms. The molecular formula is C21H14F3N3O4S2. The highest BCUT2D eigenvalue weighted by molar-refractivity contribution is 7.85. The van der Waals surface area contributed by atoms with Gasteiger partial charge in [0.2, 0.25) is 0 Å². The van der Waals surface area contributed by atoms with Crippen molar-refractivity contribution >= 4 is 32.7 Å². The molecule has 0 spiro atoms. The molecule has 0 bridgehead atoms. The lowest BCUT2D eigenvalue weighted by molar-refractivity contribution is -0.137. The minimum atomic E-state index is -4.57. The van der Waals surface area contributed by atoms with Crippen molar-refractivity contribution in [2.24, 2.45) is 0 Å². The van der Waals surface area contributed by atoms with E-state index in [2.05, 4.69) is 4.98 Å². The number of alkyl halides is 3. The van der Waals surface area contributed by atoms with E-state index in [0.717, 1.165) is 23.5 Å². The van der Waals surface area contributed by atoms with Crippen LogP contribution in [0.5, 0.6) is 5.75 Å². The van der Waals surface area contributed by atoms with Crippen molar-refractivity contribution in [2.75, 3.05) is 12.0 Å². The van der Waals surface area contributed by atoms with Crippen molar-refractivity contribution in [3.63, 3.8) is 0 Å². The van der Waals surface area contributed by atoms with Crippen LogP contribution in [-0.2, 0) is 16.3 Å². The van der Waals surface area contributed by atoms with Gasteiger partial charge in [0.05, 0.1) is 29.8 Å². The largest absolute Gasteiger partial charge is 0.496 e. The molecule has 2 heterocycles. The summed E-state index contributed by atoms with van der Waals surface area (Å²) in [7, 11) is -3.21. The van der Waals surface area contributed by atoms with Gasteiger partial charge in [-0.25, -0.2) is 4.98 Å². The topological polar surface area (TPSA) is 104 Å². The molecule has 7 nitrogen and oxygen atoms in total. The summed E-state index contributed by atoms with van der Waals surface area (Å²) < 4.78 is 77.6. The number of aromatic nitrogens is 1. The summed E-state index contributed by atoms with van der Waals surface area (Å²) in [6.45, 7) is 0. The third kappa shape index (κ3) is 4.30. The van der Waals surface area contributed by atoms with Gasteiger partial charge in [-0.05, 0) is 41.5 Å². The highest BCUT2D eigenvalue weighted by Crippen LogP contribution is 2.44. The lowest BCUT2D eigenvalue weighted by Crippen LogP contribution is -2.28. The second-order valence-electron chi connectivity index (χ2n) is 6.96. The Morgan fingerprint density at radius 2 is 1.94 bits per heavy atom. The normalized spacial score (nSPS) is 15.8. The van der Waals surface area contributed by atoms with Gasteiger partial charge >= 0.3 is 6.18 Å². The Bertz CT molecular complexity index is 1410. The number of hydrogen-bond donors (Lipinski definition) is 1. The quantitative estimate of drug-likeness (QED) is 0.517. The van der Waals surface area contributed by atoms with Crippen LogP contribution in [-0.4, -0.2) is 25.1 Å². The molecule has 1 aliphatic rings. The lowest BCUT2D eigenvalue weighted by atomic mass is 9.90. The first-order valence-electron chi connectivity index (χ1n) is 9.22. The monoisotopic (exact) mass is 493 g/mol. The van der Waals surface area contributed by atoms with Crippen molar-refractivity contribution in [1.29, 1.82) is 5.26 Å². The number of ether oxygens (including phenoxy) is 1. The molecule has 1 atom stereocenters. The molecule has 0 amide bonds. The Labute approximate surface area is 190 Å². The molecule has 1 N–H and O–H groups in total. The maximum absolute atomic E-state index is 13.3. The van der Waals surface area contributed by atoms with Gasteiger partial charge in [-0.1, -0.05) is 23.5 Å². The number of halogens is 3.